The first-order valence-corrected chi connectivity index (χ1v) is 6.89. The number of thiophene rings is 1. The molecule has 0 amide bonds. The van der Waals surface area contributed by atoms with E-state index in [2.05, 4.69) is 0 Å². The lowest BCUT2D eigenvalue weighted by Gasteiger charge is -2.13. The molecule has 2 aromatic rings. The fourth-order valence-corrected chi connectivity index (χ4v) is 2.73. The summed E-state index contributed by atoms with van der Waals surface area (Å²) in [6.07, 6.45) is 1.20. The smallest absolute Gasteiger partial charge is 0.307 e. The van der Waals surface area contributed by atoms with E-state index in [0.29, 0.717) is 12.8 Å². The van der Waals surface area contributed by atoms with Gasteiger partial charge in [0.15, 0.2) is 0 Å². The molecule has 0 bridgehead atoms. The highest BCUT2D eigenvalue weighted by atomic mass is 32.1. The van der Waals surface area contributed by atoms with Crippen LogP contribution in [0.5, 0.6) is 0 Å². The number of aryl methyl sites for hydroxylation is 1. The zero-order chi connectivity index (χ0) is 13.0. The first-order chi connectivity index (χ1) is 8.66. The molecule has 1 heterocycles. The molecule has 0 spiro atoms. The molecule has 1 aromatic heterocycles. The molecule has 0 aliphatic heterocycles. The van der Waals surface area contributed by atoms with Crippen LogP contribution in [0.1, 0.15) is 16.7 Å². The number of carboxylic acid groups (broad SMARTS) is 1. The van der Waals surface area contributed by atoms with Gasteiger partial charge in [0.2, 0.25) is 0 Å². The summed E-state index contributed by atoms with van der Waals surface area (Å²) in [7, 11) is 0. The zero-order valence-corrected chi connectivity index (χ0v) is 11.1. The molecule has 1 aromatic carbocycles. The third-order valence-corrected chi connectivity index (χ3v) is 3.87. The fraction of sp³-hybridized carbons (Fsp3) is 0.267. The average Bonchev–Trinajstić information content (AvgIpc) is 2.83. The van der Waals surface area contributed by atoms with Crippen LogP contribution in [0.25, 0.3) is 0 Å². The number of carbonyl (C=O) groups is 1. The molecule has 0 saturated heterocycles. The minimum atomic E-state index is -0.718. The predicted octanol–water partition coefficient (Wildman–Crippen LogP) is 3.54. The average molecular weight is 260 g/mol. The second-order valence-corrected chi connectivity index (χ2v) is 5.28. The summed E-state index contributed by atoms with van der Waals surface area (Å²) in [5, 5.41) is 13.3. The van der Waals surface area contributed by atoms with Crippen molar-refractivity contribution in [2.45, 2.75) is 19.8 Å². The van der Waals surface area contributed by atoms with Crippen molar-refractivity contribution in [2.75, 3.05) is 0 Å². The minimum absolute atomic E-state index is 0.347. The minimum Gasteiger partial charge on any atom is -0.481 e. The Morgan fingerprint density at radius 1 is 1.28 bits per heavy atom. The van der Waals surface area contributed by atoms with Crippen molar-refractivity contribution in [2.24, 2.45) is 5.92 Å². The van der Waals surface area contributed by atoms with Crippen LogP contribution in [-0.4, -0.2) is 11.1 Å². The molecule has 0 radical (unpaired) electrons. The van der Waals surface area contributed by atoms with Crippen LogP contribution >= 0.6 is 11.3 Å². The van der Waals surface area contributed by atoms with E-state index in [-0.39, 0.29) is 5.92 Å². The van der Waals surface area contributed by atoms with Gasteiger partial charge in [-0.25, -0.2) is 0 Å². The van der Waals surface area contributed by atoms with Crippen LogP contribution in [0, 0.1) is 12.8 Å². The Labute approximate surface area is 111 Å². The Balaban J connectivity index is 2.12. The van der Waals surface area contributed by atoms with Crippen molar-refractivity contribution >= 4 is 17.3 Å². The molecule has 18 heavy (non-hydrogen) atoms. The molecule has 94 valence electrons. The monoisotopic (exact) mass is 260 g/mol. The summed E-state index contributed by atoms with van der Waals surface area (Å²) in [6, 6.07) is 9.98. The molecular formula is C15H16O2S. The maximum Gasteiger partial charge on any atom is 0.307 e. The first-order valence-electron chi connectivity index (χ1n) is 5.95. The molecule has 0 saturated carbocycles. The Hall–Kier alpha value is -1.61. The van der Waals surface area contributed by atoms with Crippen LogP contribution in [0.4, 0.5) is 0 Å². The molecule has 2 rings (SSSR count). The fourth-order valence-electron chi connectivity index (χ4n) is 2.04. The number of hydrogen-bond acceptors (Lipinski definition) is 2. The summed E-state index contributed by atoms with van der Waals surface area (Å²) >= 11 is 1.61. The van der Waals surface area contributed by atoms with Crippen LogP contribution in [0.3, 0.4) is 0 Å². The predicted molar refractivity (Wildman–Crippen MR) is 74.0 cm³/mol. The van der Waals surface area contributed by atoms with Gasteiger partial charge in [0.25, 0.3) is 0 Å². The highest BCUT2D eigenvalue weighted by Crippen LogP contribution is 2.19. The normalized spacial score (nSPS) is 12.3. The second-order valence-electron chi connectivity index (χ2n) is 4.50. The number of aliphatic carboxylic acids is 1. The third kappa shape index (κ3) is 3.20. The van der Waals surface area contributed by atoms with Crippen LogP contribution in [-0.2, 0) is 17.6 Å². The standard InChI is InChI=1S/C15H16O2S/c1-11-4-2-3-5-13(11)9-14(15(16)17)8-12-6-7-18-10-12/h2-7,10,14H,8-9H2,1H3,(H,16,17). The van der Waals surface area contributed by atoms with Crippen molar-refractivity contribution in [3.8, 4) is 0 Å². The summed E-state index contributed by atoms with van der Waals surface area (Å²) < 4.78 is 0. The molecule has 2 nitrogen and oxygen atoms in total. The van der Waals surface area contributed by atoms with Crippen molar-refractivity contribution in [1.29, 1.82) is 0 Å². The lowest BCUT2D eigenvalue weighted by atomic mass is 9.92. The summed E-state index contributed by atoms with van der Waals surface area (Å²) in [4.78, 5) is 11.3. The SMILES string of the molecule is Cc1ccccc1CC(Cc1ccsc1)C(=O)O. The van der Waals surface area contributed by atoms with E-state index in [1.807, 2.05) is 48.0 Å². The number of rotatable bonds is 5. The van der Waals surface area contributed by atoms with Gasteiger partial charge in [0, 0.05) is 0 Å². The molecule has 1 atom stereocenters. The van der Waals surface area contributed by atoms with Crippen molar-refractivity contribution < 1.29 is 9.90 Å². The first kappa shape index (κ1) is 12.8. The van der Waals surface area contributed by atoms with E-state index in [9.17, 15) is 9.90 Å². The van der Waals surface area contributed by atoms with Gasteiger partial charge < -0.3 is 5.11 Å². The summed E-state index contributed by atoms with van der Waals surface area (Å²) in [5.74, 6) is -1.06. The maximum atomic E-state index is 11.3. The summed E-state index contributed by atoms with van der Waals surface area (Å²) in [5.41, 5.74) is 3.40. The molecule has 3 heteroatoms. The van der Waals surface area contributed by atoms with E-state index < -0.39 is 5.97 Å². The quantitative estimate of drug-likeness (QED) is 0.892. The Kier molecular flexibility index (Phi) is 4.15. The van der Waals surface area contributed by atoms with E-state index in [1.165, 1.54) is 0 Å². The topological polar surface area (TPSA) is 37.3 Å². The molecule has 0 aliphatic rings. The molecule has 1 N–H and O–H groups in total. The van der Waals surface area contributed by atoms with Crippen LogP contribution in [0.2, 0.25) is 0 Å². The Morgan fingerprint density at radius 2 is 2.06 bits per heavy atom. The van der Waals surface area contributed by atoms with Gasteiger partial charge in [0.05, 0.1) is 5.92 Å². The lowest BCUT2D eigenvalue weighted by molar-refractivity contribution is -0.141. The molecule has 1 unspecified atom stereocenters. The van der Waals surface area contributed by atoms with Crippen molar-refractivity contribution in [1.82, 2.24) is 0 Å². The van der Waals surface area contributed by atoms with Crippen molar-refractivity contribution in [3.63, 3.8) is 0 Å². The maximum absolute atomic E-state index is 11.3. The second kappa shape index (κ2) is 5.83. The van der Waals surface area contributed by atoms with Gasteiger partial charge in [0.1, 0.15) is 0 Å². The lowest BCUT2D eigenvalue weighted by Crippen LogP contribution is -2.19. The number of benzene rings is 1. The van der Waals surface area contributed by atoms with E-state index >= 15 is 0 Å². The third-order valence-electron chi connectivity index (χ3n) is 3.14. The highest BCUT2D eigenvalue weighted by Gasteiger charge is 2.19. The number of hydrogen-bond donors (Lipinski definition) is 1. The summed E-state index contributed by atoms with van der Waals surface area (Å²) in [6.45, 7) is 2.03. The Morgan fingerprint density at radius 3 is 2.67 bits per heavy atom. The van der Waals surface area contributed by atoms with Gasteiger partial charge in [-0.2, -0.15) is 11.3 Å². The molecular weight excluding hydrogens is 244 g/mol. The van der Waals surface area contributed by atoms with Crippen molar-refractivity contribution in [3.05, 3.63) is 57.8 Å². The van der Waals surface area contributed by atoms with Crippen LogP contribution < -0.4 is 0 Å². The van der Waals surface area contributed by atoms with Gasteiger partial charge in [-0.15, -0.1) is 0 Å². The van der Waals surface area contributed by atoms with E-state index in [4.69, 9.17) is 0 Å². The Bertz CT molecular complexity index is 517. The number of carboxylic acids is 1. The van der Waals surface area contributed by atoms with E-state index in [1.54, 1.807) is 11.3 Å². The molecule has 0 aliphatic carbocycles. The van der Waals surface area contributed by atoms with E-state index in [0.717, 1.165) is 16.7 Å². The van der Waals surface area contributed by atoms with Gasteiger partial charge in [-0.05, 0) is 53.3 Å². The van der Waals surface area contributed by atoms with Crippen LogP contribution in [0.15, 0.2) is 41.1 Å². The molecule has 0 fully saturated rings. The zero-order valence-electron chi connectivity index (χ0n) is 10.3. The largest absolute Gasteiger partial charge is 0.481 e. The van der Waals surface area contributed by atoms with Gasteiger partial charge >= 0.3 is 5.97 Å². The highest BCUT2D eigenvalue weighted by molar-refractivity contribution is 7.07. The van der Waals surface area contributed by atoms with Gasteiger partial charge in [-0.1, -0.05) is 24.3 Å². The van der Waals surface area contributed by atoms with Gasteiger partial charge in [-0.3, -0.25) is 4.79 Å².